The van der Waals surface area contributed by atoms with Crippen LogP contribution >= 0.6 is 0 Å². The van der Waals surface area contributed by atoms with Gasteiger partial charge in [0.15, 0.2) is 0 Å². The maximum Gasteiger partial charge on any atom is 0.147 e. The van der Waals surface area contributed by atoms with E-state index in [1.165, 1.54) is 0 Å². The minimum absolute atomic E-state index is 0.830. The number of hydrogen-bond acceptors (Lipinski definition) is 5. The Bertz CT molecular complexity index is 3690. The highest BCUT2D eigenvalue weighted by atomic mass is 16.4. The standard InChI is InChI=1S/C48H24O5/c1-3-7-38-29(5-1)36-23-46-37(24-45(36)51-38)35-22-28(11-16-42(35)52-46)27-10-15-41-34(21-27)33-20-26(9-14-40(33)49-41)25-12-17-43-32(19-25)30-13-18-44-47(48(30)53-43)31-6-2-4-8-39(31)50-44/h1-24H. The molecule has 0 atom stereocenters. The molecule has 0 N–H and O–H groups in total. The van der Waals surface area contributed by atoms with E-state index in [1.54, 1.807) is 0 Å². The van der Waals surface area contributed by atoms with E-state index in [0.29, 0.717) is 0 Å². The van der Waals surface area contributed by atoms with Crippen LogP contribution in [0.3, 0.4) is 0 Å². The minimum atomic E-state index is 0.830. The average molecular weight is 681 g/mol. The predicted octanol–water partition coefficient (Wildman–Crippen LogP) is 14.5. The smallest absolute Gasteiger partial charge is 0.147 e. The first kappa shape index (κ1) is 27.5. The summed E-state index contributed by atoms with van der Waals surface area (Å²) < 4.78 is 31.5. The molecule has 5 aromatic heterocycles. The molecule has 0 unspecified atom stereocenters. The average Bonchev–Trinajstić information content (AvgIpc) is 4.01. The minimum Gasteiger partial charge on any atom is -0.456 e. The van der Waals surface area contributed by atoms with Crippen LogP contribution in [0.1, 0.15) is 0 Å². The van der Waals surface area contributed by atoms with Gasteiger partial charge in [-0.2, -0.15) is 0 Å². The van der Waals surface area contributed by atoms with Gasteiger partial charge >= 0.3 is 0 Å². The van der Waals surface area contributed by atoms with Crippen molar-refractivity contribution in [1.29, 1.82) is 0 Å². The molecule has 0 spiro atoms. The molecule has 0 saturated carbocycles. The lowest BCUT2D eigenvalue weighted by Gasteiger charge is -2.04. The molecule has 8 aromatic carbocycles. The lowest BCUT2D eigenvalue weighted by Crippen LogP contribution is -1.79. The van der Waals surface area contributed by atoms with Gasteiger partial charge in [-0.05, 0) is 107 Å². The maximum atomic E-state index is 6.48. The third kappa shape index (κ3) is 3.75. The summed E-state index contributed by atoms with van der Waals surface area (Å²) in [6, 6.07) is 50.3. The molecule has 13 rings (SSSR count). The normalized spacial score (nSPS) is 12.5. The van der Waals surface area contributed by atoms with E-state index in [-0.39, 0.29) is 0 Å². The summed E-state index contributed by atoms with van der Waals surface area (Å²) in [5.41, 5.74) is 13.0. The van der Waals surface area contributed by atoms with E-state index in [9.17, 15) is 0 Å². The van der Waals surface area contributed by atoms with E-state index < -0.39 is 0 Å². The van der Waals surface area contributed by atoms with Crippen LogP contribution in [-0.2, 0) is 0 Å². The second kappa shape index (κ2) is 9.75. The van der Waals surface area contributed by atoms with Gasteiger partial charge in [0, 0.05) is 48.5 Å². The molecule has 0 aliphatic heterocycles. The van der Waals surface area contributed by atoms with Gasteiger partial charge in [-0.1, -0.05) is 60.7 Å². The Labute approximate surface area is 298 Å². The zero-order valence-electron chi connectivity index (χ0n) is 27.9. The molecular formula is C48H24O5. The Hall–Kier alpha value is -7.24. The van der Waals surface area contributed by atoms with E-state index in [2.05, 4.69) is 103 Å². The Morgan fingerprint density at radius 3 is 1.19 bits per heavy atom. The number of furan rings is 5. The molecule has 5 heteroatoms. The van der Waals surface area contributed by atoms with E-state index in [0.717, 1.165) is 132 Å². The Kier molecular flexibility index (Phi) is 5.06. The summed E-state index contributed by atoms with van der Waals surface area (Å²) in [6.07, 6.45) is 0. The maximum absolute atomic E-state index is 6.48. The highest BCUT2D eigenvalue weighted by molar-refractivity contribution is 6.22. The zero-order valence-corrected chi connectivity index (χ0v) is 27.9. The highest BCUT2D eigenvalue weighted by Crippen LogP contribution is 2.42. The highest BCUT2D eigenvalue weighted by Gasteiger charge is 2.18. The third-order valence-corrected chi connectivity index (χ3v) is 11.1. The van der Waals surface area contributed by atoms with Crippen LogP contribution in [0.25, 0.3) is 132 Å². The predicted molar refractivity (Wildman–Crippen MR) is 214 cm³/mol. The molecule has 0 amide bonds. The number of para-hydroxylation sites is 2. The lowest BCUT2D eigenvalue weighted by atomic mass is 9.98. The van der Waals surface area contributed by atoms with Gasteiger partial charge in [-0.3, -0.25) is 0 Å². The summed E-state index contributed by atoms with van der Waals surface area (Å²) >= 11 is 0. The monoisotopic (exact) mass is 680 g/mol. The summed E-state index contributed by atoms with van der Waals surface area (Å²) in [6.45, 7) is 0. The first-order chi connectivity index (χ1) is 26.2. The fourth-order valence-corrected chi connectivity index (χ4v) is 8.53. The van der Waals surface area contributed by atoms with Crippen molar-refractivity contribution in [2.45, 2.75) is 0 Å². The van der Waals surface area contributed by atoms with Crippen molar-refractivity contribution < 1.29 is 22.1 Å². The zero-order chi connectivity index (χ0) is 34.4. The Morgan fingerprint density at radius 1 is 0.226 bits per heavy atom. The van der Waals surface area contributed by atoms with Gasteiger partial charge in [-0.25, -0.2) is 0 Å². The van der Waals surface area contributed by atoms with Gasteiger partial charge in [-0.15, -0.1) is 0 Å². The molecule has 0 radical (unpaired) electrons. The molecule has 5 nitrogen and oxygen atoms in total. The molecule has 0 bridgehead atoms. The van der Waals surface area contributed by atoms with Crippen molar-refractivity contribution in [2.75, 3.05) is 0 Å². The lowest BCUT2D eigenvalue weighted by molar-refractivity contribution is 0.662. The molecule has 0 aliphatic rings. The SMILES string of the molecule is c1ccc2c(c1)oc1cc3c(cc12)oc1ccc(-c2ccc4oc5ccc(-c6ccc7oc8c(ccc9oc%10ccccc%10c98)c7c6)cc5c4c2)cc13. The Balaban J connectivity index is 0.934. The molecule has 0 aliphatic carbocycles. The van der Waals surface area contributed by atoms with Crippen molar-refractivity contribution in [3.63, 3.8) is 0 Å². The molecule has 0 fully saturated rings. The number of benzene rings is 8. The second-order valence-electron chi connectivity index (χ2n) is 14.0. The first-order valence-corrected chi connectivity index (χ1v) is 17.7. The van der Waals surface area contributed by atoms with Crippen LogP contribution < -0.4 is 0 Å². The van der Waals surface area contributed by atoms with E-state index >= 15 is 0 Å². The van der Waals surface area contributed by atoms with Crippen LogP contribution in [0.2, 0.25) is 0 Å². The summed E-state index contributed by atoms with van der Waals surface area (Å²) in [7, 11) is 0. The van der Waals surface area contributed by atoms with Crippen LogP contribution in [0, 0.1) is 0 Å². The summed E-state index contributed by atoms with van der Waals surface area (Å²) in [4.78, 5) is 0. The van der Waals surface area contributed by atoms with Gasteiger partial charge < -0.3 is 22.1 Å². The molecule has 246 valence electrons. The number of fused-ring (bicyclic) bond motifs is 16. The molecular weight excluding hydrogens is 657 g/mol. The molecule has 53 heavy (non-hydrogen) atoms. The topological polar surface area (TPSA) is 65.7 Å². The van der Waals surface area contributed by atoms with Crippen LogP contribution in [0.15, 0.2) is 168 Å². The van der Waals surface area contributed by atoms with Crippen molar-refractivity contribution >= 4 is 110 Å². The Morgan fingerprint density at radius 2 is 0.604 bits per heavy atom. The third-order valence-electron chi connectivity index (χ3n) is 11.1. The van der Waals surface area contributed by atoms with Gasteiger partial charge in [0.25, 0.3) is 0 Å². The van der Waals surface area contributed by atoms with E-state index in [4.69, 9.17) is 22.1 Å². The van der Waals surface area contributed by atoms with Crippen molar-refractivity contribution in [2.24, 2.45) is 0 Å². The van der Waals surface area contributed by atoms with Crippen LogP contribution in [0.5, 0.6) is 0 Å². The van der Waals surface area contributed by atoms with Gasteiger partial charge in [0.1, 0.15) is 55.8 Å². The summed E-state index contributed by atoms with van der Waals surface area (Å²) in [5.74, 6) is 0. The first-order valence-electron chi connectivity index (χ1n) is 17.7. The second-order valence-corrected chi connectivity index (χ2v) is 14.0. The van der Waals surface area contributed by atoms with Crippen molar-refractivity contribution in [3.05, 3.63) is 146 Å². The van der Waals surface area contributed by atoms with Crippen LogP contribution in [0.4, 0.5) is 0 Å². The molecule has 13 aromatic rings. The number of rotatable bonds is 2. The van der Waals surface area contributed by atoms with E-state index in [1.807, 2.05) is 42.5 Å². The quantitative estimate of drug-likeness (QED) is 0.182. The number of hydrogen-bond donors (Lipinski definition) is 0. The fourth-order valence-electron chi connectivity index (χ4n) is 8.53. The van der Waals surface area contributed by atoms with Crippen molar-refractivity contribution in [1.82, 2.24) is 0 Å². The molecule has 5 heterocycles. The van der Waals surface area contributed by atoms with Crippen LogP contribution in [-0.4, -0.2) is 0 Å². The van der Waals surface area contributed by atoms with Crippen molar-refractivity contribution in [3.8, 4) is 22.3 Å². The van der Waals surface area contributed by atoms with Gasteiger partial charge in [0.2, 0.25) is 0 Å². The molecule has 0 saturated heterocycles. The largest absolute Gasteiger partial charge is 0.456 e. The fraction of sp³-hybridized carbons (Fsp3) is 0. The van der Waals surface area contributed by atoms with Gasteiger partial charge in [0.05, 0.1) is 5.39 Å². The summed E-state index contributed by atoms with van der Waals surface area (Å²) in [5, 5.41) is 10.6.